The molecular weight excluding hydrogens is 352 g/mol. The molecule has 2 aromatic heterocycles. The lowest BCUT2D eigenvalue weighted by atomic mass is 10.2. The molecule has 1 saturated heterocycles. The summed E-state index contributed by atoms with van der Waals surface area (Å²) in [5, 5.41) is 24.2. The van der Waals surface area contributed by atoms with Crippen molar-refractivity contribution >= 4 is 23.6 Å². The molecule has 10 nitrogen and oxygen atoms in total. The Hall–Kier alpha value is -2.98. The maximum absolute atomic E-state index is 10.8. The Bertz CT molecular complexity index is 779. The van der Waals surface area contributed by atoms with Crippen LogP contribution >= 0.6 is 0 Å². The number of aromatic nitrogens is 3. The van der Waals surface area contributed by atoms with Gasteiger partial charge in [-0.15, -0.1) is 0 Å². The smallest absolute Gasteiger partial charge is 0.334 e. The molecule has 0 amide bonds. The van der Waals surface area contributed by atoms with Crippen LogP contribution in [0, 0.1) is 0 Å². The minimum absolute atomic E-state index is 0.161. The summed E-state index contributed by atoms with van der Waals surface area (Å²) in [4.78, 5) is 26.2. The van der Waals surface area contributed by atoms with Crippen LogP contribution in [0.25, 0.3) is 11.3 Å². The van der Waals surface area contributed by atoms with Crippen LogP contribution in [0.5, 0.6) is 0 Å². The second-order valence-corrected chi connectivity index (χ2v) is 5.95. The van der Waals surface area contributed by atoms with Crippen LogP contribution in [-0.2, 0) is 9.53 Å². The maximum atomic E-state index is 10.8. The van der Waals surface area contributed by atoms with Crippen molar-refractivity contribution < 1.29 is 19.7 Å². The first-order chi connectivity index (χ1) is 13.1. The number of carboxylic acid groups (broad SMARTS) is 1. The molecule has 3 rings (SSSR count). The van der Waals surface area contributed by atoms with Crippen molar-refractivity contribution in [2.75, 3.05) is 55.4 Å². The molecule has 144 valence electrons. The van der Waals surface area contributed by atoms with Crippen molar-refractivity contribution in [1.29, 1.82) is 0 Å². The number of carbonyl (C=O) groups is 1. The number of aliphatic carboxylic acids is 1. The van der Waals surface area contributed by atoms with Gasteiger partial charge in [0, 0.05) is 38.0 Å². The topological polar surface area (TPSA) is 133 Å². The van der Waals surface area contributed by atoms with Gasteiger partial charge in [-0.25, -0.2) is 14.8 Å². The van der Waals surface area contributed by atoms with E-state index in [2.05, 4.69) is 25.6 Å². The summed E-state index contributed by atoms with van der Waals surface area (Å²) in [5.74, 6) is 0.390. The summed E-state index contributed by atoms with van der Waals surface area (Å²) in [6.07, 6.45) is 0.180. The van der Waals surface area contributed by atoms with Gasteiger partial charge in [-0.2, -0.15) is 4.98 Å². The largest absolute Gasteiger partial charge is 0.479 e. The number of nitrogens with one attached hydrogen (secondary N) is 2. The quantitative estimate of drug-likeness (QED) is 0.535. The predicted molar refractivity (Wildman–Crippen MR) is 100.0 cm³/mol. The van der Waals surface area contributed by atoms with E-state index in [1.165, 1.54) is 0 Å². The fraction of sp³-hybridized carbons (Fsp3) is 0.412. The van der Waals surface area contributed by atoms with Gasteiger partial charge in [-0.05, 0) is 12.1 Å². The minimum atomic E-state index is -1.52. The SMILES string of the molecule is CNc1ccc(-c2cc(NC[C@@H](O)C(=O)O)nc(N3CCOCC3)n2)cn1. The van der Waals surface area contributed by atoms with Gasteiger partial charge in [-0.3, -0.25) is 0 Å². The molecule has 0 spiro atoms. The molecule has 0 aliphatic carbocycles. The molecule has 3 heterocycles. The fourth-order valence-corrected chi connectivity index (χ4v) is 2.56. The van der Waals surface area contributed by atoms with Crippen LogP contribution in [0.3, 0.4) is 0 Å². The molecule has 4 N–H and O–H groups in total. The van der Waals surface area contributed by atoms with E-state index in [1.54, 1.807) is 19.3 Å². The maximum Gasteiger partial charge on any atom is 0.334 e. The van der Waals surface area contributed by atoms with E-state index in [0.717, 1.165) is 11.4 Å². The van der Waals surface area contributed by atoms with E-state index in [1.807, 2.05) is 17.0 Å². The Morgan fingerprint density at radius 3 is 2.70 bits per heavy atom. The molecule has 0 bridgehead atoms. The monoisotopic (exact) mass is 374 g/mol. The van der Waals surface area contributed by atoms with Crippen LogP contribution in [0.1, 0.15) is 0 Å². The Kier molecular flexibility index (Phi) is 5.99. The highest BCUT2D eigenvalue weighted by atomic mass is 16.5. The summed E-state index contributed by atoms with van der Waals surface area (Å²) in [6.45, 7) is 2.35. The van der Waals surface area contributed by atoms with Crippen molar-refractivity contribution in [2.24, 2.45) is 0 Å². The van der Waals surface area contributed by atoms with Gasteiger partial charge in [-0.1, -0.05) is 0 Å². The van der Waals surface area contributed by atoms with Gasteiger partial charge < -0.3 is 30.5 Å². The number of carboxylic acids is 1. The molecule has 0 radical (unpaired) electrons. The number of hydrogen-bond acceptors (Lipinski definition) is 9. The summed E-state index contributed by atoms with van der Waals surface area (Å²) in [6, 6.07) is 5.43. The fourth-order valence-electron chi connectivity index (χ4n) is 2.56. The van der Waals surface area contributed by atoms with Gasteiger partial charge in [0.25, 0.3) is 0 Å². The lowest BCUT2D eigenvalue weighted by molar-refractivity contribution is -0.145. The van der Waals surface area contributed by atoms with Crippen molar-refractivity contribution in [2.45, 2.75) is 6.10 Å². The van der Waals surface area contributed by atoms with E-state index in [4.69, 9.17) is 9.84 Å². The highest BCUT2D eigenvalue weighted by molar-refractivity contribution is 5.73. The van der Waals surface area contributed by atoms with Crippen LogP contribution in [0.4, 0.5) is 17.6 Å². The first kappa shape index (κ1) is 18.8. The van der Waals surface area contributed by atoms with Crippen LogP contribution in [0.15, 0.2) is 24.4 Å². The molecule has 0 aromatic carbocycles. The number of pyridine rings is 1. The average molecular weight is 374 g/mol. The molecule has 10 heteroatoms. The predicted octanol–water partition coefficient (Wildman–Crippen LogP) is 0.274. The van der Waals surface area contributed by atoms with E-state index < -0.39 is 12.1 Å². The number of morpholine rings is 1. The Morgan fingerprint density at radius 2 is 2.07 bits per heavy atom. The summed E-state index contributed by atoms with van der Waals surface area (Å²) < 4.78 is 5.37. The van der Waals surface area contributed by atoms with Crippen molar-refractivity contribution in [1.82, 2.24) is 15.0 Å². The van der Waals surface area contributed by atoms with Crippen molar-refractivity contribution in [3.05, 3.63) is 24.4 Å². The van der Waals surface area contributed by atoms with E-state index in [9.17, 15) is 9.90 Å². The molecule has 2 aromatic rings. The molecule has 0 saturated carbocycles. The number of nitrogens with zero attached hydrogens (tertiary/aromatic N) is 4. The molecule has 0 unspecified atom stereocenters. The first-order valence-electron chi connectivity index (χ1n) is 8.57. The number of anilines is 3. The van der Waals surface area contributed by atoms with Gasteiger partial charge >= 0.3 is 5.97 Å². The molecule has 1 fully saturated rings. The van der Waals surface area contributed by atoms with E-state index in [0.29, 0.717) is 43.8 Å². The Labute approximate surface area is 156 Å². The summed E-state index contributed by atoms with van der Waals surface area (Å²) in [7, 11) is 1.79. The van der Waals surface area contributed by atoms with Crippen LogP contribution < -0.4 is 15.5 Å². The second kappa shape index (κ2) is 8.60. The number of hydrogen-bond donors (Lipinski definition) is 4. The third kappa shape index (κ3) is 4.80. The van der Waals surface area contributed by atoms with Gasteiger partial charge in [0.15, 0.2) is 6.10 Å². The summed E-state index contributed by atoms with van der Waals surface area (Å²) in [5.41, 5.74) is 1.45. The van der Waals surface area contributed by atoms with Gasteiger partial charge in [0.1, 0.15) is 11.6 Å². The zero-order valence-corrected chi connectivity index (χ0v) is 14.9. The number of ether oxygens (including phenoxy) is 1. The van der Waals surface area contributed by atoms with Crippen molar-refractivity contribution in [3.63, 3.8) is 0 Å². The number of aliphatic hydroxyl groups is 1. The number of aliphatic hydroxyl groups excluding tert-OH is 1. The lowest BCUT2D eigenvalue weighted by Crippen LogP contribution is -2.37. The number of rotatable bonds is 7. The van der Waals surface area contributed by atoms with Gasteiger partial charge in [0.2, 0.25) is 5.95 Å². The molecule has 1 atom stereocenters. The standard InChI is InChI=1S/C17H22N6O4/c1-18-14-3-2-11(9-19-14)12-8-15(20-10-13(24)16(25)26)22-17(21-12)23-4-6-27-7-5-23/h2-3,8-9,13,24H,4-7,10H2,1H3,(H,18,19)(H,25,26)(H,20,21,22)/t13-/m1/s1. The van der Waals surface area contributed by atoms with E-state index in [-0.39, 0.29) is 6.54 Å². The zero-order chi connectivity index (χ0) is 19.2. The third-order valence-electron chi connectivity index (χ3n) is 4.09. The lowest BCUT2D eigenvalue weighted by Gasteiger charge is -2.27. The Balaban J connectivity index is 1.90. The van der Waals surface area contributed by atoms with E-state index >= 15 is 0 Å². The van der Waals surface area contributed by atoms with Crippen molar-refractivity contribution in [3.8, 4) is 11.3 Å². The zero-order valence-electron chi connectivity index (χ0n) is 14.9. The normalized spacial score (nSPS) is 15.3. The first-order valence-corrected chi connectivity index (χ1v) is 8.57. The van der Waals surface area contributed by atoms with Gasteiger partial charge in [0.05, 0.1) is 25.5 Å². The van der Waals surface area contributed by atoms with Crippen LogP contribution in [0.2, 0.25) is 0 Å². The highest BCUT2D eigenvalue weighted by Crippen LogP contribution is 2.24. The third-order valence-corrected chi connectivity index (χ3v) is 4.09. The minimum Gasteiger partial charge on any atom is -0.479 e. The summed E-state index contributed by atoms with van der Waals surface area (Å²) >= 11 is 0. The highest BCUT2D eigenvalue weighted by Gasteiger charge is 2.18. The van der Waals surface area contributed by atoms with Crippen LogP contribution in [-0.4, -0.2) is 77.1 Å². The molecule has 1 aliphatic heterocycles. The second-order valence-electron chi connectivity index (χ2n) is 5.95. The Morgan fingerprint density at radius 1 is 1.30 bits per heavy atom. The average Bonchev–Trinajstić information content (AvgIpc) is 2.72. The molecular formula is C17H22N6O4. The molecule has 1 aliphatic rings. The molecule has 27 heavy (non-hydrogen) atoms.